The molecule has 1 heterocycles. The van der Waals surface area contributed by atoms with E-state index in [9.17, 15) is 9.59 Å². The fraction of sp³-hybridized carbons (Fsp3) is 0.556. The second kappa shape index (κ2) is 6.46. The topological polar surface area (TPSA) is 117 Å². The van der Waals surface area contributed by atoms with Crippen molar-refractivity contribution in [2.24, 2.45) is 0 Å². The van der Waals surface area contributed by atoms with Gasteiger partial charge in [-0.25, -0.2) is 9.59 Å². The summed E-state index contributed by atoms with van der Waals surface area (Å²) in [6.45, 7) is 1.97. The molecule has 0 aliphatic carbocycles. The quantitative estimate of drug-likeness (QED) is 0.634. The van der Waals surface area contributed by atoms with E-state index in [4.69, 9.17) is 9.63 Å². The van der Waals surface area contributed by atoms with Gasteiger partial charge in [-0.3, -0.25) is 0 Å². The minimum atomic E-state index is -1.06. The Balaban J connectivity index is 2.23. The summed E-state index contributed by atoms with van der Waals surface area (Å²) in [4.78, 5) is 25.7. The van der Waals surface area contributed by atoms with Crippen molar-refractivity contribution in [1.29, 1.82) is 0 Å². The number of aliphatic carboxylic acids is 1. The largest absolute Gasteiger partial charge is 0.480 e. The number of rotatable bonds is 6. The van der Waals surface area contributed by atoms with E-state index in [0.29, 0.717) is 25.3 Å². The minimum absolute atomic E-state index is 0.296. The van der Waals surface area contributed by atoms with Crippen LogP contribution in [0.15, 0.2) is 10.9 Å². The fourth-order valence-corrected chi connectivity index (χ4v) is 1.14. The number of carbonyl (C=O) groups excluding carboxylic acids is 1. The molecule has 1 rings (SSSR count). The Labute approximate surface area is 97.4 Å². The number of nitrogens with one attached hydrogen (secondary N) is 2. The Bertz CT molecular complexity index is 365. The predicted molar refractivity (Wildman–Crippen MR) is 56.3 cm³/mol. The number of aromatic nitrogens is 2. The second-order valence-electron chi connectivity index (χ2n) is 3.28. The first-order valence-corrected chi connectivity index (χ1v) is 5.16. The van der Waals surface area contributed by atoms with Gasteiger partial charge in [0.05, 0.1) is 0 Å². The average Bonchev–Trinajstić information content (AvgIpc) is 2.78. The van der Waals surface area contributed by atoms with Gasteiger partial charge >= 0.3 is 12.0 Å². The van der Waals surface area contributed by atoms with Gasteiger partial charge in [-0.2, -0.15) is 4.98 Å². The van der Waals surface area contributed by atoms with Crippen LogP contribution in [0.4, 0.5) is 4.79 Å². The maximum Gasteiger partial charge on any atom is 0.326 e. The van der Waals surface area contributed by atoms with E-state index < -0.39 is 18.0 Å². The maximum absolute atomic E-state index is 11.3. The molecule has 0 aliphatic heterocycles. The molecule has 1 aromatic heterocycles. The zero-order valence-corrected chi connectivity index (χ0v) is 9.34. The number of nitrogens with zero attached hydrogens (tertiary/aromatic N) is 2. The van der Waals surface area contributed by atoms with E-state index in [1.807, 2.05) is 0 Å². The predicted octanol–water partition coefficient (Wildman–Crippen LogP) is -0.225. The summed E-state index contributed by atoms with van der Waals surface area (Å²) in [6.07, 6.45) is 2.00. The van der Waals surface area contributed by atoms with Gasteiger partial charge in [-0.05, 0) is 6.42 Å². The number of urea groups is 1. The summed E-state index contributed by atoms with van der Waals surface area (Å²) in [5, 5.41) is 17.0. The van der Waals surface area contributed by atoms with Gasteiger partial charge in [-0.15, -0.1) is 0 Å². The summed E-state index contributed by atoms with van der Waals surface area (Å²) in [7, 11) is 0. The Morgan fingerprint density at radius 1 is 1.59 bits per heavy atom. The average molecular weight is 242 g/mol. The van der Waals surface area contributed by atoms with Gasteiger partial charge in [0.2, 0.25) is 5.89 Å². The van der Waals surface area contributed by atoms with Crippen LogP contribution < -0.4 is 10.6 Å². The molecule has 0 aliphatic rings. The molecule has 0 unspecified atom stereocenters. The van der Waals surface area contributed by atoms with Gasteiger partial charge in [0, 0.05) is 13.0 Å². The highest BCUT2D eigenvalue weighted by Crippen LogP contribution is 1.92. The third-order valence-electron chi connectivity index (χ3n) is 2.04. The van der Waals surface area contributed by atoms with Crippen molar-refractivity contribution in [1.82, 2.24) is 20.8 Å². The van der Waals surface area contributed by atoms with Crippen LogP contribution in [0.3, 0.4) is 0 Å². The first kappa shape index (κ1) is 12.9. The lowest BCUT2D eigenvalue weighted by Crippen LogP contribution is -2.46. The van der Waals surface area contributed by atoms with E-state index in [2.05, 4.69) is 20.8 Å². The number of carboxylic acids is 1. The molecule has 0 spiro atoms. The standard InChI is InChI=1S/C9H14N4O4/c1-2-6(8(14)15)13-9(16)10-4-3-7-11-5-12-17-7/h5-6H,2-4H2,1H3,(H,14,15)(H2,10,13,16)/t6-/m1/s1. The Hall–Kier alpha value is -2.12. The van der Waals surface area contributed by atoms with Crippen LogP contribution >= 0.6 is 0 Å². The van der Waals surface area contributed by atoms with Crippen LogP contribution in [0.5, 0.6) is 0 Å². The normalized spacial score (nSPS) is 11.8. The number of carboxylic acid groups (broad SMARTS) is 1. The van der Waals surface area contributed by atoms with Gasteiger partial charge in [-0.1, -0.05) is 12.1 Å². The summed E-state index contributed by atoms with van der Waals surface area (Å²) in [6, 6.07) is -1.41. The van der Waals surface area contributed by atoms with Crippen molar-refractivity contribution in [2.45, 2.75) is 25.8 Å². The monoisotopic (exact) mass is 242 g/mol. The van der Waals surface area contributed by atoms with E-state index >= 15 is 0 Å². The molecule has 8 heteroatoms. The summed E-state index contributed by atoms with van der Waals surface area (Å²) >= 11 is 0. The zero-order chi connectivity index (χ0) is 12.7. The fourth-order valence-electron chi connectivity index (χ4n) is 1.14. The maximum atomic E-state index is 11.3. The van der Waals surface area contributed by atoms with E-state index in [1.54, 1.807) is 6.92 Å². The highest BCUT2D eigenvalue weighted by molar-refractivity contribution is 5.82. The molecule has 3 N–H and O–H groups in total. The Morgan fingerprint density at radius 3 is 2.88 bits per heavy atom. The van der Waals surface area contributed by atoms with Crippen LogP contribution in [-0.2, 0) is 11.2 Å². The van der Waals surface area contributed by atoms with Crippen LogP contribution in [0, 0.1) is 0 Å². The van der Waals surface area contributed by atoms with Crippen molar-refractivity contribution in [3.63, 3.8) is 0 Å². The summed E-state index contributed by atoms with van der Waals surface area (Å²) < 4.78 is 4.73. The highest BCUT2D eigenvalue weighted by Gasteiger charge is 2.16. The Morgan fingerprint density at radius 2 is 2.35 bits per heavy atom. The summed E-state index contributed by atoms with van der Waals surface area (Å²) in [5.41, 5.74) is 0. The van der Waals surface area contributed by atoms with Crippen LogP contribution in [0.25, 0.3) is 0 Å². The van der Waals surface area contributed by atoms with Gasteiger partial charge in [0.15, 0.2) is 6.33 Å². The third-order valence-corrected chi connectivity index (χ3v) is 2.04. The number of amides is 2. The summed E-state index contributed by atoms with van der Waals surface area (Å²) in [5.74, 6) is -0.643. The molecule has 1 aromatic rings. The van der Waals surface area contributed by atoms with E-state index in [0.717, 1.165) is 0 Å². The molecule has 0 radical (unpaired) electrons. The lowest BCUT2D eigenvalue weighted by atomic mass is 10.2. The lowest BCUT2D eigenvalue weighted by Gasteiger charge is -2.12. The van der Waals surface area contributed by atoms with Crippen LogP contribution in [0.1, 0.15) is 19.2 Å². The molecule has 8 nitrogen and oxygen atoms in total. The molecular weight excluding hydrogens is 228 g/mol. The molecule has 0 aromatic carbocycles. The first-order valence-electron chi connectivity index (χ1n) is 5.16. The molecule has 0 saturated heterocycles. The van der Waals surface area contributed by atoms with Gasteiger partial charge < -0.3 is 20.3 Å². The molecule has 17 heavy (non-hydrogen) atoms. The zero-order valence-electron chi connectivity index (χ0n) is 9.34. The number of hydrogen-bond acceptors (Lipinski definition) is 5. The minimum Gasteiger partial charge on any atom is -0.480 e. The lowest BCUT2D eigenvalue weighted by molar-refractivity contribution is -0.139. The SMILES string of the molecule is CC[C@@H](NC(=O)NCCc1ncno1)C(=O)O. The molecule has 94 valence electrons. The van der Waals surface area contributed by atoms with E-state index in [1.165, 1.54) is 6.33 Å². The Kier molecular flexibility index (Phi) is 4.92. The van der Waals surface area contributed by atoms with Crippen LogP contribution in [0.2, 0.25) is 0 Å². The molecule has 1 atom stereocenters. The third kappa shape index (κ3) is 4.49. The van der Waals surface area contributed by atoms with Crippen molar-refractivity contribution in [3.05, 3.63) is 12.2 Å². The van der Waals surface area contributed by atoms with Crippen molar-refractivity contribution in [2.75, 3.05) is 6.54 Å². The number of hydrogen-bond donors (Lipinski definition) is 3. The molecule has 0 saturated carbocycles. The van der Waals surface area contributed by atoms with Crippen molar-refractivity contribution >= 4 is 12.0 Å². The smallest absolute Gasteiger partial charge is 0.326 e. The highest BCUT2D eigenvalue weighted by atomic mass is 16.5. The van der Waals surface area contributed by atoms with Crippen molar-refractivity contribution in [3.8, 4) is 0 Å². The first-order chi connectivity index (χ1) is 8.13. The van der Waals surface area contributed by atoms with Crippen LogP contribution in [-0.4, -0.2) is 39.8 Å². The number of carbonyl (C=O) groups is 2. The van der Waals surface area contributed by atoms with Gasteiger partial charge in [0.1, 0.15) is 6.04 Å². The van der Waals surface area contributed by atoms with Gasteiger partial charge in [0.25, 0.3) is 0 Å². The van der Waals surface area contributed by atoms with E-state index in [-0.39, 0.29) is 0 Å². The molecular formula is C9H14N4O4. The molecule has 2 amide bonds. The molecule has 0 bridgehead atoms. The van der Waals surface area contributed by atoms with Crippen molar-refractivity contribution < 1.29 is 19.2 Å². The second-order valence-corrected chi connectivity index (χ2v) is 3.28. The molecule has 0 fully saturated rings.